The first-order valence-corrected chi connectivity index (χ1v) is 8.07. The molecule has 1 saturated heterocycles. The molecule has 1 unspecified atom stereocenters. The van der Waals surface area contributed by atoms with Crippen molar-refractivity contribution in [3.63, 3.8) is 0 Å². The second kappa shape index (κ2) is 7.32. The van der Waals surface area contributed by atoms with Crippen molar-refractivity contribution in [1.29, 1.82) is 0 Å². The highest BCUT2D eigenvalue weighted by atomic mass is 19.1. The van der Waals surface area contributed by atoms with Crippen LogP contribution < -0.4 is 5.32 Å². The fourth-order valence-electron chi connectivity index (χ4n) is 3.24. The van der Waals surface area contributed by atoms with Crippen molar-refractivity contribution in [3.8, 4) is 0 Å². The van der Waals surface area contributed by atoms with E-state index in [-0.39, 0.29) is 11.9 Å². The van der Waals surface area contributed by atoms with Crippen LogP contribution in [0.3, 0.4) is 0 Å². The van der Waals surface area contributed by atoms with Crippen molar-refractivity contribution in [2.45, 2.75) is 46.1 Å². The molecule has 4 heteroatoms. The second-order valence-electron chi connectivity index (χ2n) is 6.84. The maximum Gasteiger partial charge on any atom is 0.141 e. The molecule has 1 aromatic heterocycles. The van der Waals surface area contributed by atoms with E-state index in [0.29, 0.717) is 5.41 Å². The van der Waals surface area contributed by atoms with Crippen LogP contribution in [0.25, 0.3) is 0 Å². The summed E-state index contributed by atoms with van der Waals surface area (Å²) in [5.41, 5.74) is 1.37. The zero-order valence-electron chi connectivity index (χ0n) is 13.5. The molecule has 1 N–H and O–H groups in total. The van der Waals surface area contributed by atoms with Crippen LogP contribution in [0.1, 0.15) is 51.8 Å². The summed E-state index contributed by atoms with van der Waals surface area (Å²) in [7, 11) is 0. The van der Waals surface area contributed by atoms with E-state index >= 15 is 0 Å². The molecule has 1 fully saturated rings. The van der Waals surface area contributed by atoms with Gasteiger partial charge in [-0.1, -0.05) is 20.8 Å². The Bertz CT molecular complexity index is 430. The Hall–Kier alpha value is -1.00. The molecule has 0 aromatic carbocycles. The molecule has 1 aromatic rings. The zero-order chi connectivity index (χ0) is 15.3. The molecule has 118 valence electrons. The van der Waals surface area contributed by atoms with Gasteiger partial charge in [-0.2, -0.15) is 0 Å². The first kappa shape index (κ1) is 16.4. The van der Waals surface area contributed by atoms with E-state index < -0.39 is 0 Å². The number of piperidine rings is 1. The van der Waals surface area contributed by atoms with Crippen molar-refractivity contribution < 1.29 is 4.39 Å². The van der Waals surface area contributed by atoms with Crippen molar-refractivity contribution >= 4 is 0 Å². The Kier molecular flexibility index (Phi) is 5.71. The lowest BCUT2D eigenvalue weighted by Gasteiger charge is -2.38. The Balaban J connectivity index is 1.92. The molecule has 2 heterocycles. The van der Waals surface area contributed by atoms with E-state index in [9.17, 15) is 4.39 Å². The van der Waals surface area contributed by atoms with Crippen LogP contribution in [0.15, 0.2) is 18.3 Å². The zero-order valence-corrected chi connectivity index (χ0v) is 13.5. The molecule has 1 aliphatic rings. The SMILES string of the molecule is CCNC(CCN1CCCC(C)(C)C1)c1ccc(F)cn1. The van der Waals surface area contributed by atoms with Gasteiger partial charge in [0, 0.05) is 13.1 Å². The molecule has 21 heavy (non-hydrogen) atoms. The monoisotopic (exact) mass is 293 g/mol. The Morgan fingerprint density at radius 1 is 1.43 bits per heavy atom. The minimum Gasteiger partial charge on any atom is -0.309 e. The number of hydrogen-bond donors (Lipinski definition) is 1. The molecule has 0 spiro atoms. The highest BCUT2D eigenvalue weighted by Crippen LogP contribution is 2.29. The third-order valence-electron chi connectivity index (χ3n) is 4.27. The number of nitrogens with one attached hydrogen (secondary N) is 1. The summed E-state index contributed by atoms with van der Waals surface area (Å²) >= 11 is 0. The summed E-state index contributed by atoms with van der Waals surface area (Å²) in [4.78, 5) is 6.79. The lowest BCUT2D eigenvalue weighted by Crippen LogP contribution is -2.41. The summed E-state index contributed by atoms with van der Waals surface area (Å²) in [6.45, 7) is 11.1. The van der Waals surface area contributed by atoms with Crippen LogP contribution in [0.4, 0.5) is 4.39 Å². The highest BCUT2D eigenvalue weighted by Gasteiger charge is 2.26. The molecule has 0 amide bonds. The molecular formula is C17H28FN3. The van der Waals surface area contributed by atoms with Gasteiger partial charge in [-0.25, -0.2) is 4.39 Å². The topological polar surface area (TPSA) is 28.2 Å². The van der Waals surface area contributed by atoms with Gasteiger partial charge in [0.2, 0.25) is 0 Å². The van der Waals surface area contributed by atoms with Crippen LogP contribution in [0, 0.1) is 11.2 Å². The molecule has 0 saturated carbocycles. The van der Waals surface area contributed by atoms with Gasteiger partial charge >= 0.3 is 0 Å². The first-order valence-electron chi connectivity index (χ1n) is 8.07. The highest BCUT2D eigenvalue weighted by molar-refractivity contribution is 5.10. The van der Waals surface area contributed by atoms with E-state index in [0.717, 1.165) is 25.2 Å². The number of rotatable bonds is 6. The minimum absolute atomic E-state index is 0.209. The van der Waals surface area contributed by atoms with Crippen molar-refractivity contribution in [1.82, 2.24) is 15.2 Å². The average Bonchev–Trinajstić information content (AvgIpc) is 2.43. The van der Waals surface area contributed by atoms with Gasteiger partial charge in [-0.05, 0) is 49.9 Å². The summed E-state index contributed by atoms with van der Waals surface area (Å²) in [5, 5.41) is 3.47. The average molecular weight is 293 g/mol. The number of likely N-dealkylation sites (tertiary alicyclic amines) is 1. The van der Waals surface area contributed by atoms with Gasteiger partial charge in [-0.15, -0.1) is 0 Å². The van der Waals surface area contributed by atoms with Gasteiger partial charge in [-0.3, -0.25) is 4.98 Å². The Morgan fingerprint density at radius 3 is 2.86 bits per heavy atom. The fourth-order valence-corrected chi connectivity index (χ4v) is 3.24. The predicted octanol–water partition coefficient (Wildman–Crippen LogP) is 3.38. The second-order valence-corrected chi connectivity index (χ2v) is 6.84. The van der Waals surface area contributed by atoms with Gasteiger partial charge in [0.1, 0.15) is 5.82 Å². The predicted molar refractivity (Wildman–Crippen MR) is 84.7 cm³/mol. The number of pyridine rings is 1. The molecule has 3 nitrogen and oxygen atoms in total. The smallest absolute Gasteiger partial charge is 0.141 e. The first-order chi connectivity index (χ1) is 10.00. The van der Waals surface area contributed by atoms with Crippen LogP contribution in [0.2, 0.25) is 0 Å². The maximum atomic E-state index is 13.0. The van der Waals surface area contributed by atoms with Gasteiger partial charge in [0.25, 0.3) is 0 Å². The lowest BCUT2D eigenvalue weighted by molar-refractivity contribution is 0.113. The van der Waals surface area contributed by atoms with Crippen LogP contribution in [-0.2, 0) is 0 Å². The van der Waals surface area contributed by atoms with Crippen LogP contribution >= 0.6 is 0 Å². The van der Waals surface area contributed by atoms with Crippen molar-refractivity contribution in [2.24, 2.45) is 5.41 Å². The van der Waals surface area contributed by atoms with E-state index in [4.69, 9.17) is 0 Å². The summed E-state index contributed by atoms with van der Waals surface area (Å²) in [6.07, 6.45) is 4.93. The van der Waals surface area contributed by atoms with Crippen LogP contribution in [0.5, 0.6) is 0 Å². The summed E-state index contributed by atoms with van der Waals surface area (Å²) in [5.74, 6) is -0.272. The number of halogens is 1. The van der Waals surface area contributed by atoms with Crippen molar-refractivity contribution in [3.05, 3.63) is 29.8 Å². The lowest BCUT2D eigenvalue weighted by atomic mass is 9.84. The number of hydrogen-bond acceptors (Lipinski definition) is 3. The molecule has 2 rings (SSSR count). The maximum absolute atomic E-state index is 13.0. The number of aromatic nitrogens is 1. The molecular weight excluding hydrogens is 265 g/mol. The number of nitrogens with zero attached hydrogens (tertiary/aromatic N) is 2. The largest absolute Gasteiger partial charge is 0.309 e. The van der Waals surface area contributed by atoms with E-state index in [1.165, 1.54) is 38.2 Å². The Morgan fingerprint density at radius 2 is 2.24 bits per heavy atom. The normalized spacial score (nSPS) is 20.4. The fraction of sp³-hybridized carbons (Fsp3) is 0.706. The van der Waals surface area contributed by atoms with Gasteiger partial charge < -0.3 is 10.2 Å². The molecule has 0 aliphatic carbocycles. The quantitative estimate of drug-likeness (QED) is 0.871. The molecule has 0 bridgehead atoms. The van der Waals surface area contributed by atoms with Crippen LogP contribution in [-0.4, -0.2) is 36.1 Å². The van der Waals surface area contributed by atoms with E-state index in [2.05, 4.69) is 36.0 Å². The van der Waals surface area contributed by atoms with Gasteiger partial charge in [0.15, 0.2) is 0 Å². The van der Waals surface area contributed by atoms with Gasteiger partial charge in [0.05, 0.1) is 17.9 Å². The molecule has 0 radical (unpaired) electrons. The third kappa shape index (κ3) is 5.04. The molecule has 1 atom stereocenters. The third-order valence-corrected chi connectivity index (χ3v) is 4.27. The van der Waals surface area contributed by atoms with Crippen molar-refractivity contribution in [2.75, 3.05) is 26.2 Å². The molecule has 1 aliphatic heterocycles. The van der Waals surface area contributed by atoms with E-state index in [1.54, 1.807) is 6.07 Å². The summed E-state index contributed by atoms with van der Waals surface area (Å²) < 4.78 is 13.0. The van der Waals surface area contributed by atoms with E-state index in [1.807, 2.05) is 0 Å². The Labute approximate surface area is 127 Å². The summed E-state index contributed by atoms with van der Waals surface area (Å²) in [6, 6.07) is 3.50. The standard InChI is InChI=1S/C17H28FN3/c1-4-19-16(15-7-6-14(18)12-20-15)8-11-21-10-5-9-17(2,3)13-21/h6-7,12,16,19H,4-5,8-11,13H2,1-3H3. The minimum atomic E-state index is -0.272.